The Morgan fingerprint density at radius 2 is 2.16 bits per heavy atom. The molecule has 0 aliphatic carbocycles. The Balaban J connectivity index is 2.18. The first kappa shape index (κ1) is 14.0. The zero-order valence-corrected chi connectivity index (χ0v) is 11.9. The number of carbonyl (C=O) groups is 1. The van der Waals surface area contributed by atoms with Gasteiger partial charge in [-0.1, -0.05) is 23.7 Å². The fourth-order valence-corrected chi connectivity index (χ4v) is 2.48. The number of esters is 1. The van der Waals surface area contributed by atoms with Gasteiger partial charge in [0.05, 0.1) is 12.6 Å². The van der Waals surface area contributed by atoms with E-state index in [4.69, 9.17) is 22.1 Å². The smallest absolute Gasteiger partial charge is 0.357 e. The first-order valence-electron chi connectivity index (χ1n) is 5.75. The van der Waals surface area contributed by atoms with Crippen LogP contribution in [0.1, 0.15) is 34.0 Å². The molecular formula is C13H13ClN2O2S. The van der Waals surface area contributed by atoms with Gasteiger partial charge in [0.15, 0.2) is 5.69 Å². The number of nitrogens with zero attached hydrogens (tertiary/aromatic N) is 1. The molecule has 19 heavy (non-hydrogen) atoms. The molecule has 1 atom stereocenters. The van der Waals surface area contributed by atoms with E-state index in [1.165, 1.54) is 11.3 Å². The fourth-order valence-electron chi connectivity index (χ4n) is 1.54. The molecule has 6 heteroatoms. The molecule has 0 saturated carbocycles. The Morgan fingerprint density at radius 3 is 2.79 bits per heavy atom. The number of hydrogen-bond donors (Lipinski definition) is 1. The van der Waals surface area contributed by atoms with Crippen molar-refractivity contribution in [3.05, 3.63) is 50.9 Å². The highest BCUT2D eigenvalue weighted by atomic mass is 35.5. The minimum Gasteiger partial charge on any atom is -0.461 e. The van der Waals surface area contributed by atoms with Crippen molar-refractivity contribution in [2.24, 2.45) is 5.73 Å². The zero-order chi connectivity index (χ0) is 13.8. The van der Waals surface area contributed by atoms with Crippen molar-refractivity contribution in [1.82, 2.24) is 4.98 Å². The topological polar surface area (TPSA) is 65.2 Å². The first-order valence-corrected chi connectivity index (χ1v) is 7.01. The van der Waals surface area contributed by atoms with Crippen molar-refractivity contribution in [3.63, 3.8) is 0 Å². The Hall–Kier alpha value is -1.43. The molecule has 100 valence electrons. The molecule has 1 unspecified atom stereocenters. The van der Waals surface area contributed by atoms with Crippen molar-refractivity contribution in [1.29, 1.82) is 0 Å². The van der Waals surface area contributed by atoms with E-state index in [0.29, 0.717) is 22.3 Å². The van der Waals surface area contributed by atoms with E-state index < -0.39 is 5.97 Å². The summed E-state index contributed by atoms with van der Waals surface area (Å²) in [7, 11) is 0. The Kier molecular flexibility index (Phi) is 4.52. The SMILES string of the molecule is CCOC(=O)c1csc(C(N)c2ccc(Cl)cc2)n1. The van der Waals surface area contributed by atoms with Crippen LogP contribution < -0.4 is 5.73 Å². The number of benzene rings is 1. The molecule has 2 aromatic rings. The summed E-state index contributed by atoms with van der Waals surface area (Å²) >= 11 is 7.17. The number of halogens is 1. The molecule has 2 rings (SSSR count). The number of carbonyl (C=O) groups excluding carboxylic acids is 1. The van der Waals surface area contributed by atoms with Gasteiger partial charge < -0.3 is 10.5 Å². The lowest BCUT2D eigenvalue weighted by Gasteiger charge is -2.08. The monoisotopic (exact) mass is 296 g/mol. The number of ether oxygens (including phenoxy) is 1. The molecule has 4 nitrogen and oxygen atoms in total. The molecule has 0 radical (unpaired) electrons. The predicted octanol–water partition coefficient (Wildman–Crippen LogP) is 3.02. The lowest BCUT2D eigenvalue weighted by atomic mass is 10.1. The number of thiazole rings is 1. The molecule has 0 aliphatic heterocycles. The van der Waals surface area contributed by atoms with Gasteiger partial charge in [0.2, 0.25) is 0 Å². The van der Waals surface area contributed by atoms with Crippen LogP contribution in [0.3, 0.4) is 0 Å². The van der Waals surface area contributed by atoms with Gasteiger partial charge in [-0.05, 0) is 24.6 Å². The minimum absolute atomic E-state index is 0.297. The van der Waals surface area contributed by atoms with Gasteiger partial charge in [0.1, 0.15) is 5.01 Å². The lowest BCUT2D eigenvalue weighted by Crippen LogP contribution is -2.12. The molecule has 1 aromatic heterocycles. The second kappa shape index (κ2) is 6.14. The van der Waals surface area contributed by atoms with Crippen LogP contribution in [0.25, 0.3) is 0 Å². The molecule has 0 aliphatic rings. The highest BCUT2D eigenvalue weighted by Gasteiger charge is 2.17. The van der Waals surface area contributed by atoms with Crippen molar-refractivity contribution >= 4 is 28.9 Å². The number of hydrogen-bond acceptors (Lipinski definition) is 5. The standard InChI is InChI=1S/C13H13ClN2O2S/c1-2-18-13(17)10-7-19-12(16-10)11(15)8-3-5-9(14)6-4-8/h3-7,11H,2,15H2,1H3. The van der Waals surface area contributed by atoms with Crippen LogP contribution in [0, 0.1) is 0 Å². The maximum absolute atomic E-state index is 11.5. The van der Waals surface area contributed by atoms with E-state index in [0.717, 1.165) is 5.56 Å². The summed E-state index contributed by atoms with van der Waals surface area (Å²) in [5, 5.41) is 2.98. The third-order valence-electron chi connectivity index (χ3n) is 2.50. The lowest BCUT2D eigenvalue weighted by molar-refractivity contribution is 0.0520. The highest BCUT2D eigenvalue weighted by Crippen LogP contribution is 2.24. The van der Waals surface area contributed by atoms with Crippen LogP contribution in [-0.2, 0) is 4.74 Å². The Labute approximate surface area is 120 Å². The quantitative estimate of drug-likeness (QED) is 0.881. The third kappa shape index (κ3) is 3.32. The number of rotatable bonds is 4. The summed E-state index contributed by atoms with van der Waals surface area (Å²) in [6.07, 6.45) is 0. The van der Waals surface area contributed by atoms with Crippen LogP contribution in [0.15, 0.2) is 29.6 Å². The molecule has 0 saturated heterocycles. The Morgan fingerprint density at radius 1 is 1.47 bits per heavy atom. The van der Waals surface area contributed by atoms with E-state index in [2.05, 4.69) is 4.98 Å². The van der Waals surface area contributed by atoms with Crippen molar-refractivity contribution in [2.45, 2.75) is 13.0 Å². The summed E-state index contributed by atoms with van der Waals surface area (Å²) in [6.45, 7) is 2.08. The van der Waals surface area contributed by atoms with E-state index in [1.54, 1.807) is 24.4 Å². The maximum atomic E-state index is 11.5. The van der Waals surface area contributed by atoms with Gasteiger partial charge in [-0.15, -0.1) is 11.3 Å². The first-order chi connectivity index (χ1) is 9.11. The van der Waals surface area contributed by atoms with E-state index in [-0.39, 0.29) is 6.04 Å². The van der Waals surface area contributed by atoms with E-state index in [1.807, 2.05) is 12.1 Å². The van der Waals surface area contributed by atoms with E-state index >= 15 is 0 Å². The molecule has 0 amide bonds. The predicted molar refractivity (Wildman–Crippen MR) is 75.6 cm³/mol. The fraction of sp³-hybridized carbons (Fsp3) is 0.231. The third-order valence-corrected chi connectivity index (χ3v) is 3.68. The van der Waals surface area contributed by atoms with Crippen LogP contribution in [0.4, 0.5) is 0 Å². The summed E-state index contributed by atoms with van der Waals surface area (Å²) in [6, 6.07) is 6.87. The van der Waals surface area contributed by atoms with Crippen molar-refractivity contribution < 1.29 is 9.53 Å². The second-order valence-electron chi connectivity index (χ2n) is 3.82. The van der Waals surface area contributed by atoms with Gasteiger partial charge in [-0.3, -0.25) is 0 Å². The average Bonchev–Trinajstić information content (AvgIpc) is 2.89. The number of nitrogens with two attached hydrogens (primary N) is 1. The second-order valence-corrected chi connectivity index (χ2v) is 5.15. The Bertz CT molecular complexity index is 568. The molecular weight excluding hydrogens is 284 g/mol. The van der Waals surface area contributed by atoms with Gasteiger partial charge in [-0.2, -0.15) is 0 Å². The van der Waals surface area contributed by atoms with Crippen LogP contribution in [-0.4, -0.2) is 17.6 Å². The van der Waals surface area contributed by atoms with E-state index in [9.17, 15) is 4.79 Å². The molecule has 1 aromatic carbocycles. The van der Waals surface area contributed by atoms with Crippen molar-refractivity contribution in [2.75, 3.05) is 6.61 Å². The maximum Gasteiger partial charge on any atom is 0.357 e. The molecule has 1 heterocycles. The molecule has 0 spiro atoms. The van der Waals surface area contributed by atoms with Gasteiger partial charge in [0, 0.05) is 10.4 Å². The molecule has 0 fully saturated rings. The van der Waals surface area contributed by atoms with Crippen LogP contribution in [0.2, 0.25) is 5.02 Å². The van der Waals surface area contributed by atoms with Gasteiger partial charge in [0.25, 0.3) is 0 Å². The minimum atomic E-state index is -0.423. The van der Waals surface area contributed by atoms with Gasteiger partial charge >= 0.3 is 5.97 Å². The van der Waals surface area contributed by atoms with Gasteiger partial charge in [-0.25, -0.2) is 9.78 Å². The van der Waals surface area contributed by atoms with Crippen molar-refractivity contribution in [3.8, 4) is 0 Å². The largest absolute Gasteiger partial charge is 0.461 e. The van der Waals surface area contributed by atoms with Crippen LogP contribution in [0.5, 0.6) is 0 Å². The molecule has 2 N–H and O–H groups in total. The highest BCUT2D eigenvalue weighted by molar-refractivity contribution is 7.10. The summed E-state index contributed by atoms with van der Waals surface area (Å²) in [5.74, 6) is -0.423. The van der Waals surface area contributed by atoms with Crippen LogP contribution >= 0.6 is 22.9 Å². The summed E-state index contributed by atoms with van der Waals surface area (Å²) < 4.78 is 4.89. The summed E-state index contributed by atoms with van der Waals surface area (Å²) in [4.78, 5) is 15.7. The summed E-state index contributed by atoms with van der Waals surface area (Å²) in [5.41, 5.74) is 7.30. The number of aromatic nitrogens is 1. The molecule has 0 bridgehead atoms. The normalized spacial score (nSPS) is 12.2. The average molecular weight is 297 g/mol. The zero-order valence-electron chi connectivity index (χ0n) is 10.3.